The second kappa shape index (κ2) is 8.21. The first-order valence-electron chi connectivity index (χ1n) is 5.78. The predicted octanol–water partition coefficient (Wildman–Crippen LogP) is 2.63. The summed E-state index contributed by atoms with van der Waals surface area (Å²) in [6.45, 7) is 6.63. The molecule has 0 saturated heterocycles. The van der Waals surface area contributed by atoms with Crippen molar-refractivity contribution in [2.24, 2.45) is 5.92 Å². The molecule has 2 N–H and O–H groups in total. The van der Waals surface area contributed by atoms with Crippen LogP contribution in [0.5, 0.6) is 0 Å². The summed E-state index contributed by atoms with van der Waals surface area (Å²) in [7, 11) is 0. The summed E-state index contributed by atoms with van der Waals surface area (Å²) in [4.78, 5) is 1.25. The molecule has 1 aromatic heterocycles. The Kier molecular flexibility index (Phi) is 7.30. The van der Waals surface area contributed by atoms with Gasteiger partial charge in [-0.3, -0.25) is 0 Å². The van der Waals surface area contributed by atoms with Crippen molar-refractivity contribution in [1.29, 1.82) is 0 Å². The molecule has 3 nitrogen and oxygen atoms in total. The lowest BCUT2D eigenvalue weighted by molar-refractivity contribution is 0.0260. The zero-order valence-corrected chi connectivity index (χ0v) is 12.7. The average Bonchev–Trinajstić information content (AvgIpc) is 2.64. The van der Waals surface area contributed by atoms with Crippen molar-refractivity contribution in [1.82, 2.24) is 5.32 Å². The smallest absolute Gasteiger partial charge is 0.0897 e. The molecule has 0 bridgehead atoms. The van der Waals surface area contributed by atoms with Crippen LogP contribution in [0.1, 0.15) is 18.7 Å². The second-order valence-electron chi connectivity index (χ2n) is 4.41. The van der Waals surface area contributed by atoms with Gasteiger partial charge in [-0.2, -0.15) is 0 Å². The molecule has 1 unspecified atom stereocenters. The Bertz CT molecular complexity index is 317. The highest BCUT2D eigenvalue weighted by molar-refractivity contribution is 9.10. The molecular weight excluding hydrogens is 302 g/mol. The number of aliphatic hydroxyl groups is 1. The minimum atomic E-state index is -0.438. The molecular formula is C12H20BrNO2S. The topological polar surface area (TPSA) is 41.5 Å². The van der Waals surface area contributed by atoms with Crippen LogP contribution in [0.15, 0.2) is 15.9 Å². The first-order chi connectivity index (χ1) is 8.09. The number of hydrogen-bond donors (Lipinski definition) is 2. The number of hydrogen-bond acceptors (Lipinski definition) is 4. The standard InChI is InChI=1S/C12H20BrNO2S/c1-9(2)7-16-8-10(15)5-14-6-12-11(13)3-4-17-12/h3-4,9-10,14-15H,5-8H2,1-2H3. The van der Waals surface area contributed by atoms with Gasteiger partial charge in [-0.25, -0.2) is 0 Å². The summed E-state index contributed by atoms with van der Waals surface area (Å²) >= 11 is 5.18. The van der Waals surface area contributed by atoms with Crippen molar-refractivity contribution in [3.8, 4) is 0 Å². The first-order valence-corrected chi connectivity index (χ1v) is 7.45. The van der Waals surface area contributed by atoms with Crippen LogP contribution in [-0.4, -0.2) is 31.0 Å². The molecule has 1 aromatic rings. The summed E-state index contributed by atoms with van der Waals surface area (Å²) < 4.78 is 6.50. The van der Waals surface area contributed by atoms with Crippen molar-refractivity contribution in [3.05, 3.63) is 20.8 Å². The third kappa shape index (κ3) is 6.52. The van der Waals surface area contributed by atoms with Crippen LogP contribution in [0, 0.1) is 5.92 Å². The van der Waals surface area contributed by atoms with E-state index in [2.05, 4.69) is 35.1 Å². The van der Waals surface area contributed by atoms with Crippen molar-refractivity contribution in [2.45, 2.75) is 26.5 Å². The lowest BCUT2D eigenvalue weighted by Gasteiger charge is -2.13. The molecule has 0 saturated carbocycles. The fourth-order valence-electron chi connectivity index (χ4n) is 1.30. The van der Waals surface area contributed by atoms with Crippen LogP contribution in [0.3, 0.4) is 0 Å². The van der Waals surface area contributed by atoms with E-state index in [4.69, 9.17) is 4.74 Å². The van der Waals surface area contributed by atoms with Crippen molar-refractivity contribution in [2.75, 3.05) is 19.8 Å². The molecule has 1 rings (SSSR count). The summed E-state index contributed by atoms with van der Waals surface area (Å²) in [5.41, 5.74) is 0. The molecule has 0 spiro atoms. The Morgan fingerprint density at radius 3 is 2.82 bits per heavy atom. The zero-order valence-electron chi connectivity index (χ0n) is 10.3. The third-order valence-corrected chi connectivity index (χ3v) is 4.04. The van der Waals surface area contributed by atoms with Gasteiger partial charge in [0.25, 0.3) is 0 Å². The molecule has 5 heteroatoms. The molecule has 0 aliphatic rings. The normalized spacial score (nSPS) is 13.2. The van der Waals surface area contributed by atoms with Crippen LogP contribution in [-0.2, 0) is 11.3 Å². The van der Waals surface area contributed by atoms with Gasteiger partial charge < -0.3 is 15.2 Å². The molecule has 17 heavy (non-hydrogen) atoms. The van der Waals surface area contributed by atoms with E-state index in [0.29, 0.717) is 25.7 Å². The van der Waals surface area contributed by atoms with E-state index in [0.717, 1.165) is 11.0 Å². The van der Waals surface area contributed by atoms with Crippen LogP contribution < -0.4 is 5.32 Å². The number of halogens is 1. The molecule has 0 fully saturated rings. The lowest BCUT2D eigenvalue weighted by atomic mass is 10.2. The fraction of sp³-hybridized carbons (Fsp3) is 0.667. The van der Waals surface area contributed by atoms with Gasteiger partial charge >= 0.3 is 0 Å². The van der Waals surface area contributed by atoms with Gasteiger partial charge in [0.05, 0.1) is 12.7 Å². The van der Waals surface area contributed by atoms with Gasteiger partial charge in [-0.15, -0.1) is 11.3 Å². The zero-order chi connectivity index (χ0) is 12.7. The highest BCUT2D eigenvalue weighted by Gasteiger charge is 2.06. The van der Waals surface area contributed by atoms with Gasteiger partial charge in [-0.05, 0) is 33.3 Å². The van der Waals surface area contributed by atoms with Gasteiger partial charge in [0.15, 0.2) is 0 Å². The molecule has 0 aliphatic carbocycles. The Morgan fingerprint density at radius 2 is 2.24 bits per heavy atom. The maximum absolute atomic E-state index is 9.66. The molecule has 98 valence electrons. The molecule has 0 radical (unpaired) electrons. The number of nitrogens with one attached hydrogen (secondary N) is 1. The third-order valence-electron chi connectivity index (χ3n) is 2.12. The SMILES string of the molecule is CC(C)COCC(O)CNCc1sccc1Br. The maximum atomic E-state index is 9.66. The maximum Gasteiger partial charge on any atom is 0.0897 e. The number of ether oxygens (including phenoxy) is 1. The van der Waals surface area contributed by atoms with Gasteiger partial charge in [0, 0.05) is 29.0 Å². The van der Waals surface area contributed by atoms with Crippen LogP contribution in [0.25, 0.3) is 0 Å². The highest BCUT2D eigenvalue weighted by Crippen LogP contribution is 2.21. The van der Waals surface area contributed by atoms with E-state index < -0.39 is 6.10 Å². The van der Waals surface area contributed by atoms with Crippen LogP contribution in [0.4, 0.5) is 0 Å². The predicted molar refractivity (Wildman–Crippen MR) is 75.4 cm³/mol. The quantitative estimate of drug-likeness (QED) is 0.773. The molecule has 1 atom stereocenters. The molecule has 0 amide bonds. The minimum Gasteiger partial charge on any atom is -0.389 e. The number of rotatable bonds is 8. The monoisotopic (exact) mass is 321 g/mol. The Hall–Kier alpha value is 0.0600. The Morgan fingerprint density at radius 1 is 1.47 bits per heavy atom. The van der Waals surface area contributed by atoms with E-state index in [1.807, 2.05) is 11.4 Å². The summed E-state index contributed by atoms with van der Waals surface area (Å²) in [6.07, 6.45) is -0.438. The van der Waals surface area contributed by atoms with Gasteiger partial charge in [-0.1, -0.05) is 13.8 Å². The van der Waals surface area contributed by atoms with Crippen molar-refractivity contribution < 1.29 is 9.84 Å². The average molecular weight is 322 g/mol. The fourth-order valence-corrected chi connectivity index (χ4v) is 2.76. The second-order valence-corrected chi connectivity index (χ2v) is 6.26. The summed E-state index contributed by atoms with van der Waals surface area (Å²) in [6, 6.07) is 2.03. The number of aliphatic hydroxyl groups excluding tert-OH is 1. The highest BCUT2D eigenvalue weighted by atomic mass is 79.9. The van der Waals surface area contributed by atoms with Gasteiger partial charge in [0.1, 0.15) is 0 Å². The van der Waals surface area contributed by atoms with E-state index in [9.17, 15) is 5.11 Å². The summed E-state index contributed by atoms with van der Waals surface area (Å²) in [5.74, 6) is 0.511. The molecule has 0 aliphatic heterocycles. The Labute approximate surface area is 115 Å². The lowest BCUT2D eigenvalue weighted by Crippen LogP contribution is -2.30. The van der Waals surface area contributed by atoms with Crippen LogP contribution in [0.2, 0.25) is 0 Å². The largest absolute Gasteiger partial charge is 0.389 e. The minimum absolute atomic E-state index is 0.400. The number of thiophene rings is 1. The van der Waals surface area contributed by atoms with Crippen molar-refractivity contribution in [3.63, 3.8) is 0 Å². The Balaban J connectivity index is 2.08. The van der Waals surface area contributed by atoms with E-state index in [-0.39, 0.29) is 0 Å². The molecule has 1 heterocycles. The summed E-state index contributed by atoms with van der Waals surface area (Å²) in [5, 5.41) is 14.9. The molecule has 0 aromatic carbocycles. The van der Waals surface area contributed by atoms with Crippen LogP contribution >= 0.6 is 27.3 Å². The van der Waals surface area contributed by atoms with E-state index in [1.165, 1.54) is 4.88 Å². The van der Waals surface area contributed by atoms with E-state index in [1.54, 1.807) is 11.3 Å². The first kappa shape index (κ1) is 15.1. The van der Waals surface area contributed by atoms with Gasteiger partial charge in [0.2, 0.25) is 0 Å². The van der Waals surface area contributed by atoms with E-state index >= 15 is 0 Å². The van der Waals surface area contributed by atoms with Crippen molar-refractivity contribution >= 4 is 27.3 Å².